The minimum absolute atomic E-state index is 0.199. The van der Waals surface area contributed by atoms with Crippen LogP contribution in [0.25, 0.3) is 0 Å². The fourth-order valence-corrected chi connectivity index (χ4v) is 2.47. The van der Waals surface area contributed by atoms with Crippen molar-refractivity contribution in [3.8, 4) is 11.5 Å². The van der Waals surface area contributed by atoms with Crippen LogP contribution in [0.4, 0.5) is 5.69 Å². The molecule has 1 N–H and O–H groups in total. The highest BCUT2D eigenvalue weighted by Gasteiger charge is 2.25. The Labute approximate surface area is 105 Å². The van der Waals surface area contributed by atoms with E-state index in [0.717, 1.165) is 30.3 Å². The molecule has 2 aliphatic heterocycles. The van der Waals surface area contributed by atoms with Crippen LogP contribution in [0.3, 0.4) is 0 Å². The first-order chi connectivity index (χ1) is 8.74. The smallest absolute Gasteiger partial charge is 0.306 e. The highest BCUT2D eigenvalue weighted by Crippen LogP contribution is 2.36. The first-order valence-electron chi connectivity index (χ1n) is 6.11. The molecule has 0 spiro atoms. The Kier molecular flexibility index (Phi) is 2.74. The number of nitrogens with zero attached hydrogens (tertiary/aromatic N) is 1. The number of fused-ring (bicyclic) bond motifs is 1. The minimum atomic E-state index is -0.680. The summed E-state index contributed by atoms with van der Waals surface area (Å²) >= 11 is 0. The number of carboxylic acid groups (broad SMARTS) is 1. The van der Waals surface area contributed by atoms with E-state index in [4.69, 9.17) is 14.6 Å². The van der Waals surface area contributed by atoms with E-state index >= 15 is 0 Å². The standard InChI is InChI=1S/C13H15NO4/c15-13(16)9-3-5-14(6-4-9)10-1-2-11-12(7-10)18-8-17-11/h1-2,7,9H,3-6,8H2,(H,15,16). The van der Waals surface area contributed by atoms with E-state index in [9.17, 15) is 4.79 Å². The van der Waals surface area contributed by atoms with E-state index in [0.29, 0.717) is 12.8 Å². The molecule has 0 aromatic heterocycles. The summed E-state index contributed by atoms with van der Waals surface area (Å²) in [6.07, 6.45) is 1.40. The van der Waals surface area contributed by atoms with Crippen molar-refractivity contribution < 1.29 is 19.4 Å². The Balaban J connectivity index is 1.71. The third-order valence-electron chi connectivity index (χ3n) is 3.57. The number of ether oxygens (including phenoxy) is 2. The van der Waals surface area contributed by atoms with Crippen molar-refractivity contribution >= 4 is 11.7 Å². The van der Waals surface area contributed by atoms with Crippen molar-refractivity contribution in [2.24, 2.45) is 5.92 Å². The first-order valence-corrected chi connectivity index (χ1v) is 6.11. The van der Waals surface area contributed by atoms with Gasteiger partial charge in [0.15, 0.2) is 11.5 Å². The molecule has 0 radical (unpaired) electrons. The summed E-state index contributed by atoms with van der Waals surface area (Å²) in [5.74, 6) is 0.669. The summed E-state index contributed by atoms with van der Waals surface area (Å²) in [6, 6.07) is 5.86. The van der Waals surface area contributed by atoms with Gasteiger partial charge in [0.2, 0.25) is 6.79 Å². The number of anilines is 1. The SMILES string of the molecule is O=C(O)C1CCN(c2ccc3c(c2)OCO3)CC1. The Morgan fingerprint density at radius 3 is 2.67 bits per heavy atom. The van der Waals surface area contributed by atoms with Crippen molar-refractivity contribution in [3.05, 3.63) is 18.2 Å². The van der Waals surface area contributed by atoms with Gasteiger partial charge in [0.25, 0.3) is 0 Å². The average Bonchev–Trinajstić information content (AvgIpc) is 2.86. The molecule has 1 saturated heterocycles. The Morgan fingerprint density at radius 2 is 1.94 bits per heavy atom. The third kappa shape index (κ3) is 1.96. The highest BCUT2D eigenvalue weighted by molar-refractivity contribution is 5.70. The van der Waals surface area contributed by atoms with Crippen molar-refractivity contribution in [3.63, 3.8) is 0 Å². The number of hydrogen-bond donors (Lipinski definition) is 1. The number of carboxylic acids is 1. The van der Waals surface area contributed by atoms with Crippen LogP contribution in [0.2, 0.25) is 0 Å². The lowest BCUT2D eigenvalue weighted by atomic mass is 9.97. The molecule has 0 atom stereocenters. The van der Waals surface area contributed by atoms with E-state index in [2.05, 4.69) is 4.90 Å². The first kappa shape index (κ1) is 11.2. The van der Waals surface area contributed by atoms with Gasteiger partial charge in [0.1, 0.15) is 0 Å². The molecule has 0 saturated carbocycles. The van der Waals surface area contributed by atoms with Gasteiger partial charge >= 0.3 is 5.97 Å². The van der Waals surface area contributed by atoms with Crippen molar-refractivity contribution in [1.29, 1.82) is 0 Å². The van der Waals surface area contributed by atoms with Gasteiger partial charge in [0.05, 0.1) is 5.92 Å². The van der Waals surface area contributed by atoms with Gasteiger partial charge in [-0.2, -0.15) is 0 Å². The average molecular weight is 249 g/mol. The zero-order chi connectivity index (χ0) is 12.5. The Morgan fingerprint density at radius 1 is 1.22 bits per heavy atom. The molecule has 0 aliphatic carbocycles. The van der Waals surface area contributed by atoms with E-state index in [1.54, 1.807) is 0 Å². The molecule has 1 fully saturated rings. The van der Waals surface area contributed by atoms with E-state index in [1.807, 2.05) is 18.2 Å². The van der Waals surface area contributed by atoms with Crippen LogP contribution in [-0.2, 0) is 4.79 Å². The summed E-state index contributed by atoms with van der Waals surface area (Å²) in [6.45, 7) is 1.83. The maximum absolute atomic E-state index is 10.9. The second-order valence-corrected chi connectivity index (χ2v) is 4.64. The van der Waals surface area contributed by atoms with Gasteiger partial charge in [-0.15, -0.1) is 0 Å². The maximum atomic E-state index is 10.9. The number of benzene rings is 1. The van der Waals surface area contributed by atoms with Crippen LogP contribution in [0.15, 0.2) is 18.2 Å². The van der Waals surface area contributed by atoms with Gasteiger partial charge in [-0.25, -0.2) is 0 Å². The van der Waals surface area contributed by atoms with Crippen molar-refractivity contribution in [2.45, 2.75) is 12.8 Å². The molecule has 2 aliphatic rings. The second-order valence-electron chi connectivity index (χ2n) is 4.64. The monoisotopic (exact) mass is 249 g/mol. The topological polar surface area (TPSA) is 59.0 Å². The second kappa shape index (κ2) is 4.40. The molecule has 5 heteroatoms. The number of aliphatic carboxylic acids is 1. The van der Waals surface area contributed by atoms with Gasteiger partial charge < -0.3 is 19.5 Å². The van der Waals surface area contributed by atoms with Crippen LogP contribution in [0.1, 0.15) is 12.8 Å². The highest BCUT2D eigenvalue weighted by atomic mass is 16.7. The number of piperidine rings is 1. The summed E-state index contributed by atoms with van der Waals surface area (Å²) in [4.78, 5) is 13.1. The number of carbonyl (C=O) groups is 1. The van der Waals surface area contributed by atoms with Crippen LogP contribution in [0.5, 0.6) is 11.5 Å². The molecule has 96 valence electrons. The zero-order valence-corrected chi connectivity index (χ0v) is 9.96. The molecular weight excluding hydrogens is 234 g/mol. The summed E-state index contributed by atoms with van der Waals surface area (Å²) < 4.78 is 10.6. The predicted molar refractivity (Wildman–Crippen MR) is 65.1 cm³/mol. The van der Waals surface area contributed by atoms with Gasteiger partial charge in [-0.3, -0.25) is 4.79 Å². The lowest BCUT2D eigenvalue weighted by molar-refractivity contribution is -0.142. The van der Waals surface area contributed by atoms with Crippen molar-refractivity contribution in [1.82, 2.24) is 0 Å². The number of hydrogen-bond acceptors (Lipinski definition) is 4. The molecule has 1 aromatic rings. The van der Waals surface area contributed by atoms with Crippen LogP contribution < -0.4 is 14.4 Å². The van der Waals surface area contributed by atoms with Gasteiger partial charge in [-0.1, -0.05) is 0 Å². The normalized spacial score (nSPS) is 19.0. The summed E-state index contributed by atoms with van der Waals surface area (Å²) in [5.41, 5.74) is 1.07. The molecule has 0 bridgehead atoms. The summed E-state index contributed by atoms with van der Waals surface area (Å²) in [7, 11) is 0. The van der Waals surface area contributed by atoms with Crippen LogP contribution in [-0.4, -0.2) is 31.0 Å². The van der Waals surface area contributed by atoms with Crippen LogP contribution >= 0.6 is 0 Å². The fourth-order valence-electron chi connectivity index (χ4n) is 2.47. The number of rotatable bonds is 2. The molecule has 0 amide bonds. The third-order valence-corrected chi connectivity index (χ3v) is 3.57. The predicted octanol–water partition coefficient (Wildman–Crippen LogP) is 1.72. The lowest BCUT2D eigenvalue weighted by Crippen LogP contribution is -2.36. The van der Waals surface area contributed by atoms with E-state index in [1.165, 1.54) is 0 Å². The van der Waals surface area contributed by atoms with Gasteiger partial charge in [0, 0.05) is 24.8 Å². The van der Waals surface area contributed by atoms with E-state index < -0.39 is 5.97 Å². The van der Waals surface area contributed by atoms with Crippen LogP contribution in [0, 0.1) is 5.92 Å². The molecule has 3 rings (SSSR count). The minimum Gasteiger partial charge on any atom is -0.481 e. The lowest BCUT2D eigenvalue weighted by Gasteiger charge is -2.31. The Hall–Kier alpha value is -1.91. The molecule has 18 heavy (non-hydrogen) atoms. The summed E-state index contributed by atoms with van der Waals surface area (Å²) in [5, 5.41) is 8.97. The fraction of sp³-hybridized carbons (Fsp3) is 0.462. The Bertz CT molecular complexity index is 466. The molecular formula is C13H15NO4. The molecule has 2 heterocycles. The molecule has 0 unspecified atom stereocenters. The zero-order valence-electron chi connectivity index (χ0n) is 9.96. The van der Waals surface area contributed by atoms with Crippen molar-refractivity contribution in [2.75, 3.05) is 24.8 Å². The van der Waals surface area contributed by atoms with E-state index in [-0.39, 0.29) is 12.7 Å². The quantitative estimate of drug-likeness (QED) is 0.864. The van der Waals surface area contributed by atoms with Gasteiger partial charge in [-0.05, 0) is 25.0 Å². The molecule has 1 aromatic carbocycles. The largest absolute Gasteiger partial charge is 0.481 e. The maximum Gasteiger partial charge on any atom is 0.306 e. The molecule has 5 nitrogen and oxygen atoms in total.